The molecule has 0 atom stereocenters. The second-order valence-corrected chi connectivity index (χ2v) is 6.77. The van der Waals surface area contributed by atoms with Gasteiger partial charge in [-0.2, -0.15) is 0 Å². The Morgan fingerprint density at radius 3 is 2.33 bits per heavy atom. The molecule has 2 heterocycles. The zero-order valence-corrected chi connectivity index (χ0v) is 14.0. The van der Waals surface area contributed by atoms with E-state index >= 15 is 0 Å². The molecule has 1 N–H and O–H groups in total. The molecule has 0 aromatic carbocycles. The van der Waals surface area contributed by atoms with Crippen LogP contribution in [0.25, 0.3) is 0 Å². The first-order valence-electron chi connectivity index (χ1n) is 7.73. The molecule has 0 bridgehead atoms. The Hall–Kier alpha value is -1.55. The lowest BCUT2D eigenvalue weighted by Gasteiger charge is -2.33. The van der Waals surface area contributed by atoms with E-state index in [4.69, 9.17) is 0 Å². The molecule has 116 valence electrons. The molecule has 4 nitrogen and oxygen atoms in total. The van der Waals surface area contributed by atoms with E-state index in [1.54, 1.807) is 0 Å². The van der Waals surface area contributed by atoms with Crippen LogP contribution >= 0.6 is 0 Å². The van der Waals surface area contributed by atoms with E-state index in [-0.39, 0.29) is 5.41 Å². The standard InChI is InChI=1S/C17H28N4/c1-6-15(17(2,3)4)19-14-7-8-16(18-13-14)21-11-9-20(5)10-12-21/h6-8,13,19H,9-12H2,1-5H3. The van der Waals surface area contributed by atoms with E-state index < -0.39 is 0 Å². The maximum Gasteiger partial charge on any atom is 0.128 e. The predicted molar refractivity (Wildman–Crippen MR) is 90.8 cm³/mol. The smallest absolute Gasteiger partial charge is 0.128 e. The fraction of sp³-hybridized carbons (Fsp3) is 0.588. The van der Waals surface area contributed by atoms with Crippen LogP contribution < -0.4 is 10.2 Å². The highest BCUT2D eigenvalue weighted by Gasteiger charge is 2.17. The Morgan fingerprint density at radius 1 is 1.19 bits per heavy atom. The summed E-state index contributed by atoms with van der Waals surface area (Å²) in [4.78, 5) is 9.32. The van der Waals surface area contributed by atoms with Gasteiger partial charge in [0, 0.05) is 37.3 Å². The first-order valence-corrected chi connectivity index (χ1v) is 7.73. The van der Waals surface area contributed by atoms with Gasteiger partial charge in [-0.25, -0.2) is 4.98 Å². The molecule has 0 spiro atoms. The molecular weight excluding hydrogens is 260 g/mol. The van der Waals surface area contributed by atoms with Crippen molar-refractivity contribution in [2.24, 2.45) is 5.41 Å². The van der Waals surface area contributed by atoms with E-state index in [2.05, 4.69) is 73.1 Å². The fourth-order valence-corrected chi connectivity index (χ4v) is 2.53. The normalized spacial score (nSPS) is 18.0. The molecule has 0 amide bonds. The van der Waals surface area contributed by atoms with Gasteiger partial charge in [0.1, 0.15) is 5.82 Å². The molecule has 0 aliphatic carbocycles. The van der Waals surface area contributed by atoms with Crippen LogP contribution in [0.15, 0.2) is 30.1 Å². The van der Waals surface area contributed by atoms with Crippen LogP contribution in [0.3, 0.4) is 0 Å². The van der Waals surface area contributed by atoms with Gasteiger partial charge in [0.05, 0.1) is 11.9 Å². The van der Waals surface area contributed by atoms with E-state index in [0.29, 0.717) is 0 Å². The monoisotopic (exact) mass is 288 g/mol. The van der Waals surface area contributed by atoms with Gasteiger partial charge in [0.2, 0.25) is 0 Å². The first kappa shape index (κ1) is 15.8. The quantitative estimate of drug-likeness (QED) is 0.925. The third-order valence-electron chi connectivity index (χ3n) is 3.95. The van der Waals surface area contributed by atoms with Crippen molar-refractivity contribution in [1.82, 2.24) is 9.88 Å². The summed E-state index contributed by atoms with van der Waals surface area (Å²) in [5.41, 5.74) is 2.39. The van der Waals surface area contributed by atoms with Crippen LogP contribution in [0, 0.1) is 5.41 Å². The Bertz CT molecular complexity index is 477. The van der Waals surface area contributed by atoms with Gasteiger partial charge in [0.25, 0.3) is 0 Å². The molecule has 0 radical (unpaired) electrons. The number of aromatic nitrogens is 1. The van der Waals surface area contributed by atoms with Gasteiger partial charge >= 0.3 is 0 Å². The van der Waals surface area contributed by atoms with E-state index in [1.165, 1.54) is 5.70 Å². The van der Waals surface area contributed by atoms with Gasteiger partial charge in [-0.1, -0.05) is 26.8 Å². The maximum atomic E-state index is 4.61. The molecule has 1 aliphatic rings. The zero-order chi connectivity index (χ0) is 15.5. The van der Waals surface area contributed by atoms with Crippen LogP contribution in [0.4, 0.5) is 11.5 Å². The summed E-state index contributed by atoms with van der Waals surface area (Å²) < 4.78 is 0. The second-order valence-electron chi connectivity index (χ2n) is 6.77. The third-order valence-corrected chi connectivity index (χ3v) is 3.95. The highest BCUT2D eigenvalue weighted by Crippen LogP contribution is 2.27. The molecule has 0 saturated carbocycles. The van der Waals surface area contributed by atoms with Crippen molar-refractivity contribution < 1.29 is 0 Å². The number of nitrogens with one attached hydrogen (secondary N) is 1. The molecule has 1 aromatic rings. The Balaban J connectivity index is 2.02. The van der Waals surface area contributed by atoms with Crippen molar-refractivity contribution in [3.8, 4) is 0 Å². The van der Waals surface area contributed by atoms with Crippen LogP contribution in [-0.2, 0) is 0 Å². The molecule has 4 heteroatoms. The predicted octanol–water partition coefficient (Wildman–Crippen LogP) is 3.20. The first-order chi connectivity index (χ1) is 9.90. The second kappa shape index (κ2) is 6.48. The summed E-state index contributed by atoms with van der Waals surface area (Å²) >= 11 is 0. The Morgan fingerprint density at radius 2 is 1.86 bits per heavy atom. The fourth-order valence-electron chi connectivity index (χ4n) is 2.53. The van der Waals surface area contributed by atoms with Crippen molar-refractivity contribution in [1.29, 1.82) is 0 Å². The summed E-state index contributed by atoms with van der Waals surface area (Å²) in [6.07, 6.45) is 4.07. The molecule has 1 saturated heterocycles. The van der Waals surface area contributed by atoms with Gasteiger partial charge in [-0.15, -0.1) is 0 Å². The van der Waals surface area contributed by atoms with Crippen LogP contribution in [0.5, 0.6) is 0 Å². The van der Waals surface area contributed by atoms with E-state index in [0.717, 1.165) is 37.7 Å². The highest BCUT2D eigenvalue weighted by atomic mass is 15.3. The SMILES string of the molecule is CC=C(Nc1ccc(N2CCN(C)CC2)nc1)C(C)(C)C. The van der Waals surface area contributed by atoms with Crippen molar-refractivity contribution in [2.45, 2.75) is 27.7 Å². The number of nitrogens with zero attached hydrogens (tertiary/aromatic N) is 3. The number of hydrogen-bond acceptors (Lipinski definition) is 4. The van der Waals surface area contributed by atoms with Crippen molar-refractivity contribution in [3.05, 3.63) is 30.1 Å². The highest BCUT2D eigenvalue weighted by molar-refractivity contribution is 5.52. The van der Waals surface area contributed by atoms with Crippen molar-refractivity contribution in [2.75, 3.05) is 43.4 Å². The number of pyridine rings is 1. The minimum Gasteiger partial charge on any atom is -0.357 e. The topological polar surface area (TPSA) is 31.4 Å². The van der Waals surface area contributed by atoms with Crippen molar-refractivity contribution >= 4 is 11.5 Å². The summed E-state index contributed by atoms with van der Waals surface area (Å²) in [7, 11) is 2.17. The average molecular weight is 288 g/mol. The third kappa shape index (κ3) is 4.21. The number of hydrogen-bond donors (Lipinski definition) is 1. The van der Waals surface area contributed by atoms with E-state index in [1.807, 2.05) is 6.20 Å². The minimum atomic E-state index is 0.116. The molecule has 21 heavy (non-hydrogen) atoms. The summed E-state index contributed by atoms with van der Waals surface area (Å²) in [6.45, 7) is 13.0. The van der Waals surface area contributed by atoms with Gasteiger partial charge in [0.15, 0.2) is 0 Å². The zero-order valence-electron chi connectivity index (χ0n) is 14.0. The molecular formula is C17H28N4. The number of anilines is 2. The van der Waals surface area contributed by atoms with Gasteiger partial charge in [-0.3, -0.25) is 0 Å². The number of piperazine rings is 1. The van der Waals surface area contributed by atoms with Gasteiger partial charge < -0.3 is 15.1 Å². The van der Waals surface area contributed by atoms with E-state index in [9.17, 15) is 0 Å². The number of rotatable bonds is 3. The van der Waals surface area contributed by atoms with Crippen LogP contribution in [0.1, 0.15) is 27.7 Å². The lowest BCUT2D eigenvalue weighted by molar-refractivity contribution is 0.312. The average Bonchev–Trinajstić information content (AvgIpc) is 2.45. The number of likely N-dealkylation sites (N-methyl/N-ethyl adjacent to an activating group) is 1. The molecule has 0 unspecified atom stereocenters. The lowest BCUT2D eigenvalue weighted by atomic mass is 9.91. The summed E-state index contributed by atoms with van der Waals surface area (Å²) in [5, 5.41) is 3.48. The molecule has 1 aliphatic heterocycles. The van der Waals surface area contributed by atoms with Crippen LogP contribution in [0.2, 0.25) is 0 Å². The molecule has 1 aromatic heterocycles. The largest absolute Gasteiger partial charge is 0.357 e. The Kier molecular flexibility index (Phi) is 4.88. The molecule has 2 rings (SSSR count). The molecule has 1 fully saturated rings. The number of allylic oxidation sites excluding steroid dienone is 2. The lowest BCUT2D eigenvalue weighted by Crippen LogP contribution is -2.44. The summed E-state index contributed by atoms with van der Waals surface area (Å²) in [6, 6.07) is 4.24. The van der Waals surface area contributed by atoms with Crippen molar-refractivity contribution in [3.63, 3.8) is 0 Å². The maximum absolute atomic E-state index is 4.61. The Labute approximate surface area is 128 Å². The summed E-state index contributed by atoms with van der Waals surface area (Å²) in [5.74, 6) is 1.08. The van der Waals surface area contributed by atoms with Gasteiger partial charge in [-0.05, 0) is 26.1 Å². The minimum absolute atomic E-state index is 0.116. The van der Waals surface area contributed by atoms with Crippen LogP contribution in [-0.4, -0.2) is 43.1 Å².